The van der Waals surface area contributed by atoms with E-state index >= 15 is 0 Å². The predicted molar refractivity (Wildman–Crippen MR) is 115 cm³/mol. The van der Waals surface area contributed by atoms with Crippen LogP contribution >= 0.6 is 0 Å². The second-order valence-corrected chi connectivity index (χ2v) is 10.7. The van der Waals surface area contributed by atoms with Crippen LogP contribution < -0.4 is 10.0 Å². The van der Waals surface area contributed by atoms with Crippen LogP contribution in [0, 0.1) is 0 Å². The van der Waals surface area contributed by atoms with Gasteiger partial charge >= 0.3 is 0 Å². The summed E-state index contributed by atoms with van der Waals surface area (Å²) in [5.41, 5.74) is -0.267. The molecule has 0 fully saturated rings. The molecule has 2 N–H and O–H groups in total. The fourth-order valence-corrected chi connectivity index (χ4v) is 3.96. The van der Waals surface area contributed by atoms with Gasteiger partial charge < -0.3 is 9.73 Å². The smallest absolute Gasteiger partial charge is 0.292 e. The lowest BCUT2D eigenvalue weighted by atomic mass is 9.92. The molecule has 0 radical (unpaired) electrons. The van der Waals surface area contributed by atoms with Crippen LogP contribution in [0.3, 0.4) is 0 Å². The van der Waals surface area contributed by atoms with Gasteiger partial charge in [-0.3, -0.25) is 4.79 Å². The van der Waals surface area contributed by atoms with Crippen LogP contribution in [0.2, 0.25) is 0 Å². The van der Waals surface area contributed by atoms with E-state index in [-0.39, 0.29) is 22.2 Å². The molecule has 3 aromatic heterocycles. The maximum atomic E-state index is 12.8. The van der Waals surface area contributed by atoms with Crippen LogP contribution in [0.1, 0.15) is 57.8 Å². The number of nitrogens with one attached hydrogen (secondary N) is 2. The molecule has 10 nitrogen and oxygen atoms in total. The van der Waals surface area contributed by atoms with Crippen LogP contribution in [-0.4, -0.2) is 39.6 Å². The van der Waals surface area contributed by atoms with Crippen LogP contribution in [0.4, 0.5) is 5.82 Å². The lowest BCUT2D eigenvalue weighted by Crippen LogP contribution is -2.40. The van der Waals surface area contributed by atoms with Crippen molar-refractivity contribution in [1.29, 1.82) is 0 Å². The van der Waals surface area contributed by atoms with Crippen molar-refractivity contribution in [1.82, 2.24) is 24.5 Å². The van der Waals surface area contributed by atoms with Crippen molar-refractivity contribution in [3.05, 3.63) is 48.1 Å². The Morgan fingerprint density at radius 1 is 1.06 bits per heavy atom. The molecule has 0 spiro atoms. The molecule has 3 heterocycles. The van der Waals surface area contributed by atoms with Crippen LogP contribution in [0.25, 0.3) is 5.95 Å². The standard InChI is InChI=1S/C20H26N6O4S/c1-19(2,3)14-12-15(26(24-14)18-21-10-7-11-22-18)23-17(27)13-8-9-16(30-13)31(28,29)25-20(4,5)6/h7-12,25H,1-6H3,(H,23,27). The predicted octanol–water partition coefficient (Wildman–Crippen LogP) is 2.88. The molecule has 3 aromatic rings. The third-order valence-electron chi connectivity index (χ3n) is 3.97. The normalized spacial score (nSPS) is 12.7. The number of aromatic nitrogens is 4. The van der Waals surface area contributed by atoms with E-state index < -0.39 is 21.5 Å². The number of nitrogens with zero attached hydrogens (tertiary/aromatic N) is 4. The third-order valence-corrected chi connectivity index (χ3v) is 5.60. The Kier molecular flexibility index (Phi) is 5.76. The number of carbonyl (C=O) groups excluding carboxylic acids is 1. The summed E-state index contributed by atoms with van der Waals surface area (Å²) in [6, 6.07) is 5.93. The highest BCUT2D eigenvalue weighted by molar-refractivity contribution is 7.89. The van der Waals surface area contributed by atoms with E-state index in [1.165, 1.54) is 16.8 Å². The van der Waals surface area contributed by atoms with Gasteiger partial charge in [-0.1, -0.05) is 20.8 Å². The summed E-state index contributed by atoms with van der Waals surface area (Å²) in [5, 5.41) is 6.88. The highest BCUT2D eigenvalue weighted by Crippen LogP contribution is 2.26. The minimum atomic E-state index is -3.90. The number of hydrogen-bond donors (Lipinski definition) is 2. The summed E-state index contributed by atoms with van der Waals surface area (Å²) >= 11 is 0. The molecule has 11 heteroatoms. The van der Waals surface area contributed by atoms with Crippen molar-refractivity contribution in [3.8, 4) is 5.95 Å². The molecule has 0 bridgehead atoms. The Morgan fingerprint density at radius 2 is 1.71 bits per heavy atom. The minimum absolute atomic E-state index is 0.159. The molecule has 0 aromatic carbocycles. The molecular weight excluding hydrogens is 420 g/mol. The number of furan rings is 1. The molecule has 3 rings (SSSR count). The summed E-state index contributed by atoms with van der Waals surface area (Å²) in [7, 11) is -3.90. The number of anilines is 1. The van der Waals surface area contributed by atoms with Gasteiger partial charge in [-0.15, -0.1) is 0 Å². The first-order chi connectivity index (χ1) is 14.3. The van der Waals surface area contributed by atoms with E-state index in [2.05, 4.69) is 25.1 Å². The highest BCUT2D eigenvalue weighted by atomic mass is 32.2. The quantitative estimate of drug-likeness (QED) is 0.616. The summed E-state index contributed by atoms with van der Waals surface area (Å²) < 4.78 is 34.1. The number of carbonyl (C=O) groups is 1. The second kappa shape index (κ2) is 7.89. The molecular formula is C20H26N6O4S. The van der Waals surface area contributed by atoms with Gasteiger partial charge in [0.05, 0.1) is 5.69 Å². The topological polar surface area (TPSA) is 132 Å². The number of rotatable bonds is 5. The van der Waals surface area contributed by atoms with Gasteiger partial charge in [0.15, 0.2) is 5.76 Å². The zero-order valence-corrected chi connectivity index (χ0v) is 19.1. The Hall–Kier alpha value is -3.05. The van der Waals surface area contributed by atoms with E-state index in [1.54, 1.807) is 45.3 Å². The number of amides is 1. The Balaban J connectivity index is 1.91. The Morgan fingerprint density at radius 3 is 2.29 bits per heavy atom. The fraction of sp³-hybridized carbons (Fsp3) is 0.400. The molecule has 31 heavy (non-hydrogen) atoms. The Bertz CT molecular complexity index is 1180. The zero-order chi connectivity index (χ0) is 23.0. The van der Waals surface area contributed by atoms with Crippen molar-refractivity contribution in [2.75, 3.05) is 5.32 Å². The van der Waals surface area contributed by atoms with E-state index in [0.29, 0.717) is 11.5 Å². The maximum absolute atomic E-state index is 12.8. The highest BCUT2D eigenvalue weighted by Gasteiger charge is 2.27. The van der Waals surface area contributed by atoms with E-state index in [0.717, 1.165) is 0 Å². The third kappa shape index (κ3) is 5.36. The lowest BCUT2D eigenvalue weighted by molar-refractivity contribution is 0.0991. The van der Waals surface area contributed by atoms with Crippen molar-refractivity contribution >= 4 is 21.7 Å². The number of sulfonamides is 1. The van der Waals surface area contributed by atoms with Crippen molar-refractivity contribution < 1.29 is 17.6 Å². The summed E-state index contributed by atoms with van der Waals surface area (Å²) in [5.74, 6) is -0.178. The van der Waals surface area contributed by atoms with Gasteiger partial charge in [-0.05, 0) is 39.0 Å². The minimum Gasteiger partial charge on any atom is -0.438 e. The first-order valence-corrected chi connectivity index (χ1v) is 11.1. The van der Waals surface area contributed by atoms with Gasteiger partial charge in [0.25, 0.3) is 21.9 Å². The first-order valence-electron chi connectivity index (χ1n) is 9.59. The molecule has 166 valence electrons. The maximum Gasteiger partial charge on any atom is 0.292 e. The van der Waals surface area contributed by atoms with E-state index in [1.807, 2.05) is 20.8 Å². The van der Waals surface area contributed by atoms with Gasteiger partial charge in [0.1, 0.15) is 5.82 Å². The van der Waals surface area contributed by atoms with Gasteiger partial charge in [0.2, 0.25) is 5.09 Å². The summed E-state index contributed by atoms with van der Waals surface area (Å²) in [4.78, 5) is 21.1. The average Bonchev–Trinajstić information content (AvgIpc) is 3.28. The van der Waals surface area contributed by atoms with E-state index in [4.69, 9.17) is 4.42 Å². The molecule has 0 unspecified atom stereocenters. The Labute approximate surface area is 181 Å². The van der Waals surface area contributed by atoms with Crippen molar-refractivity contribution in [2.24, 2.45) is 0 Å². The van der Waals surface area contributed by atoms with Gasteiger partial charge in [-0.2, -0.15) is 9.78 Å². The number of hydrogen-bond acceptors (Lipinski definition) is 7. The largest absolute Gasteiger partial charge is 0.438 e. The first kappa shape index (κ1) is 22.6. The van der Waals surface area contributed by atoms with Crippen molar-refractivity contribution in [3.63, 3.8) is 0 Å². The molecule has 0 aliphatic rings. The molecule has 0 atom stereocenters. The molecule has 0 aliphatic carbocycles. The average molecular weight is 447 g/mol. The lowest BCUT2D eigenvalue weighted by Gasteiger charge is -2.18. The van der Waals surface area contributed by atoms with Crippen molar-refractivity contribution in [2.45, 2.75) is 57.6 Å². The van der Waals surface area contributed by atoms with Crippen LogP contribution in [0.5, 0.6) is 0 Å². The van der Waals surface area contributed by atoms with E-state index in [9.17, 15) is 13.2 Å². The second-order valence-electron chi connectivity index (χ2n) is 9.05. The van der Waals surface area contributed by atoms with Gasteiger partial charge in [0, 0.05) is 29.4 Å². The van der Waals surface area contributed by atoms with Crippen LogP contribution in [-0.2, 0) is 15.4 Å². The molecule has 1 amide bonds. The molecule has 0 aliphatic heterocycles. The van der Waals surface area contributed by atoms with Gasteiger partial charge in [-0.25, -0.2) is 23.1 Å². The molecule has 0 saturated carbocycles. The summed E-state index contributed by atoms with van der Waals surface area (Å²) in [6.07, 6.45) is 3.14. The summed E-state index contributed by atoms with van der Waals surface area (Å²) in [6.45, 7) is 11.1. The fourth-order valence-electron chi connectivity index (χ4n) is 2.61. The zero-order valence-electron chi connectivity index (χ0n) is 18.3. The monoisotopic (exact) mass is 446 g/mol. The molecule has 0 saturated heterocycles. The SMILES string of the molecule is CC(C)(C)NS(=O)(=O)c1ccc(C(=O)Nc2cc(C(C)(C)C)nn2-c2ncccn2)o1. The van der Waals surface area contributed by atoms with Crippen LogP contribution in [0.15, 0.2) is 46.2 Å².